The van der Waals surface area contributed by atoms with Crippen molar-refractivity contribution in [3.63, 3.8) is 0 Å². The van der Waals surface area contributed by atoms with E-state index in [1.54, 1.807) is 32.4 Å². The number of carboxylic acid groups (broad SMARTS) is 1. The van der Waals surface area contributed by atoms with Gasteiger partial charge in [-0.1, -0.05) is 11.8 Å². The second-order valence-electron chi connectivity index (χ2n) is 8.54. The Morgan fingerprint density at radius 3 is 2.72 bits per heavy atom. The number of hydrogen-bond donors (Lipinski definition) is 5. The summed E-state index contributed by atoms with van der Waals surface area (Å²) < 4.78 is 5.47. The van der Waals surface area contributed by atoms with Gasteiger partial charge in [0.15, 0.2) is 5.16 Å². The van der Waals surface area contributed by atoms with E-state index in [9.17, 15) is 9.59 Å². The van der Waals surface area contributed by atoms with Gasteiger partial charge in [0.05, 0.1) is 35.8 Å². The molecule has 2 heterocycles. The van der Waals surface area contributed by atoms with Crippen LogP contribution in [0.4, 0.5) is 16.2 Å². The fourth-order valence-corrected chi connectivity index (χ4v) is 4.95. The van der Waals surface area contributed by atoms with Crippen molar-refractivity contribution < 1.29 is 19.4 Å². The number of nitrogens with one attached hydrogen (secondary N) is 4. The number of amides is 2. The van der Waals surface area contributed by atoms with E-state index in [1.165, 1.54) is 11.8 Å². The van der Waals surface area contributed by atoms with Crippen LogP contribution in [0.15, 0.2) is 29.6 Å². The van der Waals surface area contributed by atoms with Gasteiger partial charge in [0, 0.05) is 23.3 Å². The van der Waals surface area contributed by atoms with Crippen molar-refractivity contribution in [3.05, 3.63) is 35.7 Å². The van der Waals surface area contributed by atoms with Crippen LogP contribution in [0.3, 0.4) is 0 Å². The van der Waals surface area contributed by atoms with Gasteiger partial charge in [0.1, 0.15) is 17.5 Å². The number of methoxy groups -OCH3 is 1. The normalized spacial score (nSPS) is 17.2. The summed E-state index contributed by atoms with van der Waals surface area (Å²) in [6, 6.07) is 7.61. The maximum absolute atomic E-state index is 12.6. The van der Waals surface area contributed by atoms with E-state index < -0.39 is 6.09 Å². The smallest absolute Gasteiger partial charge is 0.404 e. The number of carbonyl (C=O) groups excluding carboxylic acids is 1. The van der Waals surface area contributed by atoms with E-state index in [2.05, 4.69) is 30.9 Å². The predicted molar refractivity (Wildman–Crippen MR) is 137 cm³/mol. The number of aromatic amines is 1. The maximum Gasteiger partial charge on any atom is 0.404 e. The zero-order valence-corrected chi connectivity index (χ0v) is 20.7. The van der Waals surface area contributed by atoms with Gasteiger partial charge < -0.3 is 30.8 Å². The number of hydrogen-bond acceptors (Lipinski definition) is 8. The average molecular weight is 510 g/mol. The van der Waals surface area contributed by atoms with E-state index in [0.717, 1.165) is 31.4 Å². The highest BCUT2D eigenvalue weighted by molar-refractivity contribution is 7.99. The van der Waals surface area contributed by atoms with E-state index in [1.807, 2.05) is 12.1 Å². The Balaban J connectivity index is 1.35. The maximum atomic E-state index is 12.6. The van der Waals surface area contributed by atoms with Gasteiger partial charge in [0.2, 0.25) is 5.91 Å². The Kier molecular flexibility index (Phi) is 7.80. The van der Waals surface area contributed by atoms with E-state index in [0.29, 0.717) is 38.9 Å². The summed E-state index contributed by atoms with van der Waals surface area (Å²) in [6.07, 6.45) is 3.74. The Morgan fingerprint density at radius 2 is 2.03 bits per heavy atom. The number of ether oxygens (including phenoxy) is 1. The zero-order valence-electron chi connectivity index (χ0n) is 19.9. The molecule has 1 aliphatic rings. The number of thioether (sulfide) groups is 1. The molecule has 0 radical (unpaired) electrons. The number of fused-ring (bicyclic) bond motifs is 1. The van der Waals surface area contributed by atoms with E-state index in [4.69, 9.17) is 15.1 Å². The van der Waals surface area contributed by atoms with Crippen LogP contribution in [-0.4, -0.2) is 57.0 Å². The van der Waals surface area contributed by atoms with Crippen LogP contribution in [0.2, 0.25) is 0 Å². The molecular formula is C24H27N7O4S. The summed E-state index contributed by atoms with van der Waals surface area (Å²) in [5.41, 5.74) is 3.82. The van der Waals surface area contributed by atoms with Gasteiger partial charge in [0.25, 0.3) is 0 Å². The molecule has 4 rings (SSSR count). The third kappa shape index (κ3) is 5.98. The SMILES string of the molecule is COc1ccc(NC(=O)CSc2nc3c(C)c(C#N)ncc3[nH]2)cc1NC1CCC(NC(=O)O)CC1. The third-order valence-corrected chi connectivity index (χ3v) is 6.96. The van der Waals surface area contributed by atoms with Gasteiger partial charge in [-0.05, 0) is 50.8 Å². The second-order valence-corrected chi connectivity index (χ2v) is 9.51. The van der Waals surface area contributed by atoms with Gasteiger partial charge >= 0.3 is 6.09 Å². The monoisotopic (exact) mass is 509 g/mol. The van der Waals surface area contributed by atoms with Crippen molar-refractivity contribution in [2.45, 2.75) is 49.8 Å². The van der Waals surface area contributed by atoms with Gasteiger partial charge in [-0.2, -0.15) is 5.26 Å². The van der Waals surface area contributed by atoms with Crippen LogP contribution in [0.1, 0.15) is 36.9 Å². The number of carbonyl (C=O) groups is 2. The van der Waals surface area contributed by atoms with Crippen LogP contribution < -0.4 is 20.7 Å². The minimum absolute atomic E-state index is 0.0223. The largest absolute Gasteiger partial charge is 0.495 e. The summed E-state index contributed by atoms with van der Waals surface area (Å²) in [6.45, 7) is 1.80. The molecule has 0 unspecified atom stereocenters. The van der Waals surface area contributed by atoms with Crippen LogP contribution in [0.25, 0.3) is 11.0 Å². The van der Waals surface area contributed by atoms with E-state index in [-0.39, 0.29) is 23.7 Å². The summed E-state index contributed by atoms with van der Waals surface area (Å²) in [5, 5.41) is 27.6. The highest BCUT2D eigenvalue weighted by atomic mass is 32.2. The molecule has 0 saturated heterocycles. The molecule has 36 heavy (non-hydrogen) atoms. The molecule has 1 fully saturated rings. The number of nitrogens with zero attached hydrogens (tertiary/aromatic N) is 3. The molecule has 0 spiro atoms. The van der Waals surface area contributed by atoms with Crippen molar-refractivity contribution in [2.75, 3.05) is 23.5 Å². The summed E-state index contributed by atoms with van der Waals surface area (Å²) in [7, 11) is 1.59. The Morgan fingerprint density at radius 1 is 1.28 bits per heavy atom. The molecule has 12 heteroatoms. The van der Waals surface area contributed by atoms with Crippen LogP contribution in [0.5, 0.6) is 5.75 Å². The number of anilines is 2. The van der Waals surface area contributed by atoms with Gasteiger partial charge in [-0.3, -0.25) is 4.79 Å². The second kappa shape index (κ2) is 11.2. The Hall–Kier alpha value is -3.98. The first kappa shape index (κ1) is 25.1. The number of aryl methyl sites for hydroxylation is 1. The Bertz CT molecular complexity index is 1310. The molecule has 3 aromatic rings. The lowest BCUT2D eigenvalue weighted by atomic mass is 9.91. The molecule has 0 bridgehead atoms. The Labute approximate surface area is 212 Å². The lowest BCUT2D eigenvalue weighted by molar-refractivity contribution is -0.113. The van der Waals surface area contributed by atoms with Crippen molar-refractivity contribution in [1.29, 1.82) is 5.26 Å². The molecule has 2 aromatic heterocycles. The number of aromatic nitrogens is 3. The topological polar surface area (TPSA) is 165 Å². The lowest BCUT2D eigenvalue weighted by Crippen LogP contribution is -2.39. The first-order valence-corrected chi connectivity index (χ1v) is 12.5. The van der Waals surface area contributed by atoms with Gasteiger partial charge in [-0.15, -0.1) is 0 Å². The summed E-state index contributed by atoms with van der Waals surface area (Å²) in [4.78, 5) is 35.2. The fraction of sp³-hybridized carbons (Fsp3) is 0.375. The molecular weight excluding hydrogens is 482 g/mol. The van der Waals surface area contributed by atoms with Crippen LogP contribution in [-0.2, 0) is 4.79 Å². The van der Waals surface area contributed by atoms with Crippen LogP contribution >= 0.6 is 11.8 Å². The number of pyridine rings is 1. The quantitative estimate of drug-likeness (QED) is 0.283. The molecule has 2 amide bonds. The van der Waals surface area contributed by atoms with Crippen molar-refractivity contribution in [3.8, 4) is 11.8 Å². The van der Waals surface area contributed by atoms with Crippen molar-refractivity contribution in [2.24, 2.45) is 0 Å². The van der Waals surface area contributed by atoms with Crippen LogP contribution in [0, 0.1) is 18.3 Å². The molecule has 5 N–H and O–H groups in total. The zero-order chi connectivity index (χ0) is 25.7. The standard InChI is InChI=1S/C24H27N7O4S/c1-13-18(10-25)26-11-19-22(13)31-23(30-19)36-12-21(32)28-16-7-8-20(35-2)17(9-16)27-14-3-5-15(6-4-14)29-24(33)34/h7-9,11,14-15,27,29H,3-6,12H2,1-2H3,(H,28,32)(H,30,31)(H,33,34). The average Bonchev–Trinajstić information content (AvgIpc) is 3.28. The molecule has 1 saturated carbocycles. The first-order chi connectivity index (χ1) is 17.4. The molecule has 1 aliphatic carbocycles. The number of imidazole rings is 1. The highest BCUT2D eigenvalue weighted by Gasteiger charge is 2.23. The number of nitriles is 1. The summed E-state index contributed by atoms with van der Waals surface area (Å²) in [5.74, 6) is 0.618. The minimum atomic E-state index is -0.990. The van der Waals surface area contributed by atoms with Crippen molar-refractivity contribution >= 4 is 46.2 Å². The molecule has 188 valence electrons. The first-order valence-electron chi connectivity index (χ1n) is 11.5. The number of H-pyrrole nitrogens is 1. The third-order valence-electron chi connectivity index (χ3n) is 6.09. The number of benzene rings is 1. The van der Waals surface area contributed by atoms with Crippen molar-refractivity contribution in [1.82, 2.24) is 20.3 Å². The molecule has 11 nitrogen and oxygen atoms in total. The lowest BCUT2D eigenvalue weighted by Gasteiger charge is -2.30. The number of rotatable bonds is 8. The molecule has 0 aliphatic heterocycles. The molecule has 1 aromatic carbocycles. The van der Waals surface area contributed by atoms with E-state index >= 15 is 0 Å². The minimum Gasteiger partial charge on any atom is -0.495 e. The highest BCUT2D eigenvalue weighted by Crippen LogP contribution is 2.31. The fourth-order valence-electron chi connectivity index (χ4n) is 4.27. The van der Waals surface area contributed by atoms with Gasteiger partial charge in [-0.25, -0.2) is 14.8 Å². The molecule has 0 atom stereocenters. The predicted octanol–water partition coefficient (Wildman–Crippen LogP) is 3.87. The summed E-state index contributed by atoms with van der Waals surface area (Å²) >= 11 is 1.26.